The Hall–Kier alpha value is -4.70. The molecule has 2 aliphatic rings. The average Bonchev–Trinajstić information content (AvgIpc) is 3.07. The molecule has 7 nitrogen and oxygen atoms in total. The molecule has 0 bridgehead atoms. The van der Waals surface area contributed by atoms with Crippen molar-refractivity contribution in [3.63, 3.8) is 0 Å². The van der Waals surface area contributed by atoms with E-state index in [0.717, 1.165) is 42.9 Å². The molecule has 0 unspecified atom stereocenters. The highest BCUT2D eigenvalue weighted by molar-refractivity contribution is 5.96. The van der Waals surface area contributed by atoms with E-state index in [4.69, 9.17) is 4.74 Å². The van der Waals surface area contributed by atoms with Crippen LogP contribution in [0.2, 0.25) is 0 Å². The molecule has 3 aromatic carbocycles. The molecule has 1 atom stereocenters. The van der Waals surface area contributed by atoms with Crippen LogP contribution in [0.25, 0.3) is 6.08 Å². The molecular weight excluding hydrogens is 607 g/mol. The molecular formula is C37H38F3N3O4. The molecule has 0 N–H and O–H groups in total. The molecule has 0 spiro atoms. The van der Waals surface area contributed by atoms with E-state index in [1.807, 2.05) is 23.1 Å². The first kappa shape index (κ1) is 33.7. The van der Waals surface area contributed by atoms with Crippen LogP contribution in [0.15, 0.2) is 96.2 Å². The van der Waals surface area contributed by atoms with Gasteiger partial charge in [0.25, 0.3) is 5.91 Å². The number of benzene rings is 3. The average molecular weight is 646 g/mol. The van der Waals surface area contributed by atoms with Gasteiger partial charge in [-0.05, 0) is 54.8 Å². The number of piperazine rings is 1. The fraction of sp³-hybridized carbons (Fsp3) is 0.324. The van der Waals surface area contributed by atoms with Gasteiger partial charge in [-0.2, -0.15) is 13.2 Å². The van der Waals surface area contributed by atoms with Crippen LogP contribution in [0, 0.1) is 0 Å². The highest BCUT2D eigenvalue weighted by Crippen LogP contribution is 2.39. The van der Waals surface area contributed by atoms with Gasteiger partial charge in [-0.3, -0.25) is 14.5 Å². The maximum absolute atomic E-state index is 13.4. The van der Waals surface area contributed by atoms with Gasteiger partial charge in [0.2, 0.25) is 5.91 Å². The Bertz CT molecular complexity index is 1630. The summed E-state index contributed by atoms with van der Waals surface area (Å²) >= 11 is 0. The van der Waals surface area contributed by atoms with Crippen molar-refractivity contribution in [2.24, 2.45) is 0 Å². The molecule has 2 aliphatic heterocycles. The van der Waals surface area contributed by atoms with Gasteiger partial charge in [0.15, 0.2) is 0 Å². The number of hydrogen-bond donors (Lipinski definition) is 0. The SMILES string of the molecule is CCOC(=O)C1=C(C)N(Cc2ccc(C(=O)N3CCN(C/C=C/c4ccccc4)CC3)cc2)C(=O)C[C@H]1c1ccc(C(F)(F)F)cc1. The van der Waals surface area contributed by atoms with Gasteiger partial charge in [-0.1, -0.05) is 66.7 Å². The van der Waals surface area contributed by atoms with E-state index in [1.165, 1.54) is 17.0 Å². The van der Waals surface area contributed by atoms with Crippen molar-refractivity contribution in [1.29, 1.82) is 0 Å². The Balaban J connectivity index is 1.23. The zero-order valence-corrected chi connectivity index (χ0v) is 26.5. The first-order valence-electron chi connectivity index (χ1n) is 15.7. The third-order valence-electron chi connectivity index (χ3n) is 8.63. The number of alkyl halides is 3. The minimum absolute atomic E-state index is 0.0508. The largest absolute Gasteiger partial charge is 0.463 e. The maximum Gasteiger partial charge on any atom is 0.416 e. The summed E-state index contributed by atoms with van der Waals surface area (Å²) in [7, 11) is 0. The standard InChI is InChI=1S/C37H38F3N3O4/c1-3-47-36(46)34-26(2)43(33(44)24-32(34)29-15-17-31(18-16-29)37(38,39)40)25-28-11-13-30(14-12-28)35(45)42-22-20-41(21-23-42)19-7-10-27-8-5-4-6-9-27/h4-18,32H,3,19-25H2,1-2H3/b10-7+/t32-/m0/s1. The van der Waals surface area contributed by atoms with E-state index in [9.17, 15) is 27.6 Å². The molecule has 0 radical (unpaired) electrons. The summed E-state index contributed by atoms with van der Waals surface area (Å²) in [5.74, 6) is -1.66. The van der Waals surface area contributed by atoms with E-state index in [-0.39, 0.29) is 37.0 Å². The number of hydrogen-bond acceptors (Lipinski definition) is 5. The Kier molecular flexibility index (Phi) is 10.6. The lowest BCUT2D eigenvalue weighted by molar-refractivity contribution is -0.140. The number of amides is 2. The molecule has 0 aromatic heterocycles. The van der Waals surface area contributed by atoms with Gasteiger partial charge < -0.3 is 14.5 Å². The normalized spacial score (nSPS) is 17.8. The van der Waals surface area contributed by atoms with Crippen LogP contribution < -0.4 is 0 Å². The third kappa shape index (κ3) is 8.18. The van der Waals surface area contributed by atoms with E-state index >= 15 is 0 Å². The van der Waals surface area contributed by atoms with Crippen LogP contribution in [0.5, 0.6) is 0 Å². The second-order valence-electron chi connectivity index (χ2n) is 11.7. The lowest BCUT2D eigenvalue weighted by atomic mass is 9.83. The molecule has 2 heterocycles. The lowest BCUT2D eigenvalue weighted by Crippen LogP contribution is -2.48. The quantitative estimate of drug-likeness (QED) is 0.248. The van der Waals surface area contributed by atoms with Crippen molar-refractivity contribution in [3.05, 3.63) is 124 Å². The van der Waals surface area contributed by atoms with E-state index < -0.39 is 23.6 Å². The molecule has 5 rings (SSSR count). The third-order valence-corrected chi connectivity index (χ3v) is 8.63. The van der Waals surface area contributed by atoms with E-state index in [2.05, 4.69) is 29.2 Å². The number of rotatable bonds is 9. The molecule has 10 heteroatoms. The number of ether oxygens (including phenoxy) is 1. The van der Waals surface area contributed by atoms with Gasteiger partial charge >= 0.3 is 12.1 Å². The fourth-order valence-electron chi connectivity index (χ4n) is 6.02. The molecule has 1 saturated heterocycles. The van der Waals surface area contributed by atoms with Crippen molar-refractivity contribution >= 4 is 23.9 Å². The molecule has 246 valence electrons. The number of nitrogens with zero attached hydrogens (tertiary/aromatic N) is 3. The minimum atomic E-state index is -4.50. The number of allylic oxidation sites excluding steroid dienone is 1. The molecule has 2 amide bonds. The highest BCUT2D eigenvalue weighted by Gasteiger charge is 2.38. The smallest absolute Gasteiger partial charge is 0.416 e. The highest BCUT2D eigenvalue weighted by atomic mass is 19.4. The lowest BCUT2D eigenvalue weighted by Gasteiger charge is -2.35. The van der Waals surface area contributed by atoms with Crippen molar-refractivity contribution < 1.29 is 32.3 Å². The van der Waals surface area contributed by atoms with E-state index in [1.54, 1.807) is 38.1 Å². The maximum atomic E-state index is 13.4. The van der Waals surface area contributed by atoms with Crippen molar-refractivity contribution in [2.75, 3.05) is 39.3 Å². The zero-order chi connectivity index (χ0) is 33.6. The molecule has 3 aromatic rings. The van der Waals surface area contributed by atoms with Crippen molar-refractivity contribution in [2.45, 2.75) is 38.9 Å². The topological polar surface area (TPSA) is 70.2 Å². The Morgan fingerprint density at radius 3 is 2.19 bits per heavy atom. The summed E-state index contributed by atoms with van der Waals surface area (Å²) in [5, 5.41) is 0. The van der Waals surface area contributed by atoms with Crippen LogP contribution in [-0.2, 0) is 27.0 Å². The van der Waals surface area contributed by atoms with Gasteiger partial charge in [-0.15, -0.1) is 0 Å². The summed E-state index contributed by atoms with van der Waals surface area (Å²) in [6.07, 6.45) is -0.353. The predicted molar refractivity (Wildman–Crippen MR) is 173 cm³/mol. The molecule has 0 aliphatic carbocycles. The number of carbonyl (C=O) groups is 3. The van der Waals surface area contributed by atoms with Crippen molar-refractivity contribution in [1.82, 2.24) is 14.7 Å². The second kappa shape index (κ2) is 14.8. The van der Waals surface area contributed by atoms with Crippen molar-refractivity contribution in [3.8, 4) is 0 Å². The number of halogens is 3. The van der Waals surface area contributed by atoms with Gasteiger partial charge in [-0.25, -0.2) is 4.79 Å². The van der Waals surface area contributed by atoms with Crippen LogP contribution in [0.1, 0.15) is 58.8 Å². The summed E-state index contributed by atoms with van der Waals surface area (Å²) in [6, 6.07) is 21.7. The predicted octanol–water partition coefficient (Wildman–Crippen LogP) is 6.53. The molecule has 47 heavy (non-hydrogen) atoms. The van der Waals surface area contributed by atoms with Crippen LogP contribution in [-0.4, -0.2) is 71.8 Å². The Labute approximate surface area is 272 Å². The Morgan fingerprint density at radius 2 is 1.57 bits per heavy atom. The van der Waals surface area contributed by atoms with Gasteiger partial charge in [0, 0.05) is 56.3 Å². The monoisotopic (exact) mass is 645 g/mol. The summed E-state index contributed by atoms with van der Waals surface area (Å²) in [4.78, 5) is 45.4. The Morgan fingerprint density at radius 1 is 0.915 bits per heavy atom. The van der Waals surface area contributed by atoms with Gasteiger partial charge in [0.1, 0.15) is 0 Å². The van der Waals surface area contributed by atoms with Crippen LogP contribution in [0.3, 0.4) is 0 Å². The molecule has 1 fully saturated rings. The summed E-state index contributed by atoms with van der Waals surface area (Å²) in [6.45, 7) is 7.22. The van der Waals surface area contributed by atoms with Gasteiger partial charge in [0.05, 0.1) is 24.3 Å². The zero-order valence-electron chi connectivity index (χ0n) is 26.5. The minimum Gasteiger partial charge on any atom is -0.463 e. The first-order valence-corrected chi connectivity index (χ1v) is 15.7. The van der Waals surface area contributed by atoms with Crippen LogP contribution >= 0.6 is 0 Å². The summed E-state index contributed by atoms with van der Waals surface area (Å²) in [5.41, 5.74) is 2.73. The van der Waals surface area contributed by atoms with Crippen LogP contribution in [0.4, 0.5) is 13.2 Å². The van der Waals surface area contributed by atoms with E-state index in [0.29, 0.717) is 29.9 Å². The fourth-order valence-corrected chi connectivity index (χ4v) is 6.02. The number of carbonyl (C=O) groups excluding carboxylic acids is 3. The first-order chi connectivity index (χ1) is 22.5. The molecule has 0 saturated carbocycles. The number of esters is 1. The second-order valence-corrected chi connectivity index (χ2v) is 11.7. The summed E-state index contributed by atoms with van der Waals surface area (Å²) < 4.78 is 44.7.